The summed E-state index contributed by atoms with van der Waals surface area (Å²) in [5.41, 5.74) is 5.71. The Labute approximate surface area is 75.5 Å². The van der Waals surface area contributed by atoms with Crippen molar-refractivity contribution in [3.05, 3.63) is 5.56 Å². The summed E-state index contributed by atoms with van der Waals surface area (Å²) in [6.45, 7) is 0. The lowest BCUT2D eigenvalue weighted by molar-refractivity contribution is 0.422. The van der Waals surface area contributed by atoms with Crippen LogP contribution >= 0.6 is 0 Å². The van der Waals surface area contributed by atoms with Gasteiger partial charge in [-0.05, 0) is 19.3 Å². The number of hydrogen-bond donors (Lipinski definition) is 2. The van der Waals surface area contributed by atoms with E-state index in [9.17, 15) is 0 Å². The number of rotatable bonds is 2. The second kappa shape index (κ2) is 2.98. The zero-order valence-electron chi connectivity index (χ0n) is 7.08. The van der Waals surface area contributed by atoms with Crippen LogP contribution in [0.15, 0.2) is 4.52 Å². The van der Waals surface area contributed by atoms with Gasteiger partial charge in [0.15, 0.2) is 11.4 Å². The van der Waals surface area contributed by atoms with E-state index in [1.54, 1.807) is 0 Å². The fourth-order valence-corrected chi connectivity index (χ4v) is 1.26. The van der Waals surface area contributed by atoms with Gasteiger partial charge in [0, 0.05) is 6.04 Å². The monoisotopic (exact) mass is 178 g/mol. The lowest BCUT2D eigenvalue weighted by Crippen LogP contribution is -2.27. The first-order chi connectivity index (χ1) is 6.31. The molecule has 5 heteroatoms. The van der Waals surface area contributed by atoms with E-state index in [4.69, 9.17) is 15.5 Å². The molecule has 1 aliphatic rings. The minimum absolute atomic E-state index is 0.0873. The molecule has 13 heavy (non-hydrogen) atoms. The van der Waals surface area contributed by atoms with Crippen molar-refractivity contribution in [2.45, 2.75) is 25.3 Å². The standard InChI is InChI=1S/C8H10N4O/c9-4-6-7(10)13-12-8(6)11-5-2-1-3-5/h5H,1-3,10H2,(H,11,12). The van der Waals surface area contributed by atoms with Crippen LogP contribution in [0.4, 0.5) is 11.7 Å². The fourth-order valence-electron chi connectivity index (χ4n) is 1.26. The highest BCUT2D eigenvalue weighted by atomic mass is 16.5. The molecular formula is C8H10N4O. The van der Waals surface area contributed by atoms with Crippen LogP contribution in [0.1, 0.15) is 24.8 Å². The molecule has 1 saturated carbocycles. The Morgan fingerprint density at radius 3 is 2.92 bits per heavy atom. The van der Waals surface area contributed by atoms with E-state index in [1.165, 1.54) is 6.42 Å². The first-order valence-electron chi connectivity index (χ1n) is 4.23. The molecular weight excluding hydrogens is 168 g/mol. The number of hydrogen-bond acceptors (Lipinski definition) is 5. The minimum atomic E-state index is 0.0873. The van der Waals surface area contributed by atoms with Crippen LogP contribution in [0.2, 0.25) is 0 Å². The maximum absolute atomic E-state index is 8.72. The van der Waals surface area contributed by atoms with E-state index in [1.807, 2.05) is 6.07 Å². The maximum Gasteiger partial charge on any atom is 0.242 e. The third kappa shape index (κ3) is 1.31. The molecule has 1 aromatic rings. The molecule has 2 rings (SSSR count). The molecule has 1 aromatic heterocycles. The molecule has 3 N–H and O–H groups in total. The van der Waals surface area contributed by atoms with Crippen molar-refractivity contribution in [1.29, 1.82) is 5.26 Å². The summed E-state index contributed by atoms with van der Waals surface area (Å²) in [6.07, 6.45) is 3.47. The first-order valence-corrected chi connectivity index (χ1v) is 4.23. The summed E-state index contributed by atoms with van der Waals surface area (Å²) >= 11 is 0. The Kier molecular flexibility index (Phi) is 1.81. The van der Waals surface area contributed by atoms with Gasteiger partial charge in [-0.15, -0.1) is 0 Å². The van der Waals surface area contributed by atoms with Gasteiger partial charge in [-0.2, -0.15) is 5.26 Å². The van der Waals surface area contributed by atoms with Gasteiger partial charge in [0.25, 0.3) is 0 Å². The van der Waals surface area contributed by atoms with Crippen molar-refractivity contribution >= 4 is 11.7 Å². The molecule has 1 heterocycles. The lowest BCUT2D eigenvalue weighted by Gasteiger charge is -2.25. The molecule has 0 aliphatic heterocycles. The number of nitrogen functional groups attached to an aromatic ring is 1. The molecule has 0 aromatic carbocycles. The minimum Gasteiger partial charge on any atom is -0.366 e. The highest BCUT2D eigenvalue weighted by Crippen LogP contribution is 2.26. The highest BCUT2D eigenvalue weighted by molar-refractivity contribution is 5.61. The topological polar surface area (TPSA) is 87.9 Å². The van der Waals surface area contributed by atoms with Crippen LogP contribution in [-0.2, 0) is 0 Å². The number of nitrogens with one attached hydrogen (secondary N) is 1. The van der Waals surface area contributed by atoms with Gasteiger partial charge in [0.2, 0.25) is 5.88 Å². The number of anilines is 2. The molecule has 0 amide bonds. The fraction of sp³-hybridized carbons (Fsp3) is 0.500. The van der Waals surface area contributed by atoms with E-state index in [0.717, 1.165) is 12.8 Å². The first kappa shape index (κ1) is 7.92. The van der Waals surface area contributed by atoms with E-state index >= 15 is 0 Å². The summed E-state index contributed by atoms with van der Waals surface area (Å²) < 4.78 is 4.70. The zero-order chi connectivity index (χ0) is 9.26. The normalized spacial score (nSPS) is 16.2. The third-order valence-corrected chi connectivity index (χ3v) is 2.28. The Hall–Kier alpha value is -1.70. The highest BCUT2D eigenvalue weighted by Gasteiger charge is 2.21. The van der Waals surface area contributed by atoms with Crippen LogP contribution < -0.4 is 11.1 Å². The molecule has 1 fully saturated rings. The van der Waals surface area contributed by atoms with Crippen LogP contribution in [0.25, 0.3) is 0 Å². The van der Waals surface area contributed by atoms with Gasteiger partial charge in [-0.25, -0.2) is 0 Å². The van der Waals surface area contributed by atoms with Crippen molar-refractivity contribution in [3.63, 3.8) is 0 Å². The van der Waals surface area contributed by atoms with E-state index in [0.29, 0.717) is 17.4 Å². The van der Waals surface area contributed by atoms with Crippen LogP contribution in [0.3, 0.4) is 0 Å². The number of nitrogens with zero attached hydrogens (tertiary/aromatic N) is 2. The number of aromatic nitrogens is 1. The quantitative estimate of drug-likeness (QED) is 0.707. The largest absolute Gasteiger partial charge is 0.366 e. The average Bonchev–Trinajstić information content (AvgIpc) is 2.39. The van der Waals surface area contributed by atoms with Crippen molar-refractivity contribution in [3.8, 4) is 6.07 Å². The van der Waals surface area contributed by atoms with Crippen molar-refractivity contribution in [2.75, 3.05) is 11.1 Å². The number of nitrogens with two attached hydrogens (primary N) is 1. The zero-order valence-corrected chi connectivity index (χ0v) is 7.08. The maximum atomic E-state index is 8.72. The van der Waals surface area contributed by atoms with Crippen LogP contribution in [0.5, 0.6) is 0 Å². The van der Waals surface area contributed by atoms with Gasteiger partial charge in [0.05, 0.1) is 0 Å². The van der Waals surface area contributed by atoms with Gasteiger partial charge < -0.3 is 15.6 Å². The lowest BCUT2D eigenvalue weighted by atomic mass is 9.93. The van der Waals surface area contributed by atoms with Crippen molar-refractivity contribution in [1.82, 2.24) is 5.16 Å². The van der Waals surface area contributed by atoms with Gasteiger partial charge in [-0.3, -0.25) is 0 Å². The van der Waals surface area contributed by atoms with Crippen LogP contribution in [0, 0.1) is 11.3 Å². The predicted molar refractivity (Wildman–Crippen MR) is 46.9 cm³/mol. The molecule has 0 bridgehead atoms. The predicted octanol–water partition coefficient (Wildman–Crippen LogP) is 1.09. The molecule has 0 atom stereocenters. The Balaban J connectivity index is 2.15. The average molecular weight is 178 g/mol. The molecule has 0 radical (unpaired) electrons. The van der Waals surface area contributed by atoms with Crippen molar-refractivity contribution < 1.29 is 4.52 Å². The van der Waals surface area contributed by atoms with E-state index in [-0.39, 0.29) is 5.88 Å². The van der Waals surface area contributed by atoms with E-state index in [2.05, 4.69) is 10.5 Å². The van der Waals surface area contributed by atoms with Gasteiger partial charge >= 0.3 is 0 Å². The molecule has 1 aliphatic carbocycles. The SMILES string of the molecule is N#Cc1c(NC2CCC2)noc1N. The molecule has 5 nitrogen and oxygen atoms in total. The Morgan fingerprint density at radius 2 is 2.38 bits per heavy atom. The summed E-state index contributed by atoms with van der Waals surface area (Å²) in [4.78, 5) is 0. The molecule has 68 valence electrons. The second-order valence-electron chi connectivity index (χ2n) is 3.15. The third-order valence-electron chi connectivity index (χ3n) is 2.28. The summed E-state index contributed by atoms with van der Waals surface area (Å²) in [6, 6.07) is 2.38. The Bertz CT molecular complexity index is 348. The smallest absolute Gasteiger partial charge is 0.242 e. The van der Waals surface area contributed by atoms with Crippen molar-refractivity contribution in [2.24, 2.45) is 0 Å². The molecule has 0 unspecified atom stereocenters. The summed E-state index contributed by atoms with van der Waals surface area (Å²) in [5.74, 6) is 0.564. The Morgan fingerprint density at radius 1 is 1.62 bits per heavy atom. The van der Waals surface area contributed by atoms with Gasteiger partial charge in [-0.1, -0.05) is 5.16 Å². The molecule has 0 saturated heterocycles. The number of nitriles is 1. The molecule has 0 spiro atoms. The van der Waals surface area contributed by atoms with Crippen LogP contribution in [-0.4, -0.2) is 11.2 Å². The summed E-state index contributed by atoms with van der Waals surface area (Å²) in [7, 11) is 0. The second-order valence-corrected chi connectivity index (χ2v) is 3.15. The summed E-state index contributed by atoms with van der Waals surface area (Å²) in [5, 5.41) is 15.5. The van der Waals surface area contributed by atoms with Gasteiger partial charge in [0.1, 0.15) is 6.07 Å². The van der Waals surface area contributed by atoms with E-state index < -0.39 is 0 Å².